The predicted octanol–water partition coefficient (Wildman–Crippen LogP) is 1.48. The monoisotopic (exact) mass is 157 g/mol. The Labute approximate surface area is 67.3 Å². The fraction of sp³-hybridized carbons (Fsp3) is 0.875. The van der Waals surface area contributed by atoms with E-state index in [1.165, 1.54) is 0 Å². The van der Waals surface area contributed by atoms with Gasteiger partial charge >= 0.3 is 6.09 Å². The molecule has 1 rings (SSSR count). The quantitative estimate of drug-likeness (QED) is 0.577. The van der Waals surface area contributed by atoms with E-state index in [-0.39, 0.29) is 6.09 Å². The van der Waals surface area contributed by atoms with Crippen LogP contribution in [0.3, 0.4) is 0 Å². The predicted molar refractivity (Wildman–Crippen MR) is 42.4 cm³/mol. The first-order valence-corrected chi connectivity index (χ1v) is 4.15. The smallest absolute Gasteiger partial charge is 0.409 e. The highest BCUT2D eigenvalue weighted by molar-refractivity contribution is 5.67. The average molecular weight is 157 g/mol. The minimum Gasteiger partial charge on any atom is -0.450 e. The Kier molecular flexibility index (Phi) is 2.74. The van der Waals surface area contributed by atoms with Crippen LogP contribution in [0.5, 0.6) is 0 Å². The van der Waals surface area contributed by atoms with Crippen molar-refractivity contribution in [1.82, 2.24) is 4.90 Å². The average Bonchev–Trinajstić information content (AvgIpc) is 2.36. The molecule has 1 atom stereocenters. The Balaban J connectivity index is 2.31. The minimum absolute atomic E-state index is 0.156. The molecule has 64 valence electrons. The van der Waals surface area contributed by atoms with Gasteiger partial charge in [-0.25, -0.2) is 4.79 Å². The summed E-state index contributed by atoms with van der Waals surface area (Å²) in [6.45, 7) is 6.18. The van der Waals surface area contributed by atoms with Gasteiger partial charge in [-0.3, -0.25) is 0 Å². The van der Waals surface area contributed by atoms with Gasteiger partial charge in [-0.05, 0) is 19.3 Å². The van der Waals surface area contributed by atoms with E-state index in [1.807, 2.05) is 6.92 Å². The fourth-order valence-electron chi connectivity index (χ4n) is 1.32. The summed E-state index contributed by atoms with van der Waals surface area (Å²) in [6, 6.07) is 0. The molecule has 1 aliphatic heterocycles. The Morgan fingerprint density at radius 1 is 1.73 bits per heavy atom. The highest BCUT2D eigenvalue weighted by atomic mass is 16.6. The zero-order valence-corrected chi connectivity index (χ0v) is 7.17. The summed E-state index contributed by atoms with van der Waals surface area (Å²) in [5.41, 5.74) is 0. The van der Waals surface area contributed by atoms with Gasteiger partial charge in [-0.15, -0.1) is 0 Å². The number of likely N-dealkylation sites (tertiary alicyclic amines) is 1. The van der Waals surface area contributed by atoms with Crippen LogP contribution in [-0.4, -0.2) is 30.7 Å². The van der Waals surface area contributed by atoms with Crippen LogP contribution in [0.4, 0.5) is 4.79 Å². The van der Waals surface area contributed by atoms with E-state index in [1.54, 1.807) is 4.90 Å². The zero-order valence-electron chi connectivity index (χ0n) is 7.17. The Bertz CT molecular complexity index is 147. The second-order valence-corrected chi connectivity index (χ2v) is 3.04. The van der Waals surface area contributed by atoms with Crippen LogP contribution in [0, 0.1) is 5.92 Å². The van der Waals surface area contributed by atoms with E-state index in [9.17, 15) is 4.79 Å². The molecular formula is C8H15NO2. The number of ether oxygens (including phenoxy) is 1. The summed E-state index contributed by atoms with van der Waals surface area (Å²) in [7, 11) is 0. The second-order valence-electron chi connectivity index (χ2n) is 3.04. The number of hydrogen-bond donors (Lipinski definition) is 0. The van der Waals surface area contributed by atoms with E-state index in [0.717, 1.165) is 19.5 Å². The lowest BCUT2D eigenvalue weighted by Crippen LogP contribution is -2.28. The van der Waals surface area contributed by atoms with E-state index in [0.29, 0.717) is 12.5 Å². The first-order valence-electron chi connectivity index (χ1n) is 4.15. The molecule has 11 heavy (non-hydrogen) atoms. The molecule has 0 radical (unpaired) electrons. The van der Waals surface area contributed by atoms with Gasteiger partial charge in [-0.1, -0.05) is 6.92 Å². The molecule has 0 aromatic rings. The number of carbonyl (C=O) groups excluding carboxylic acids is 1. The molecule has 0 N–H and O–H groups in total. The van der Waals surface area contributed by atoms with Gasteiger partial charge in [0.1, 0.15) is 0 Å². The standard InChI is InChI=1S/C8H15NO2/c1-3-11-8(10)9-5-4-7(2)6-9/h7H,3-6H2,1-2H3/t7-/m0/s1. The van der Waals surface area contributed by atoms with Gasteiger partial charge in [0.15, 0.2) is 0 Å². The Morgan fingerprint density at radius 3 is 2.91 bits per heavy atom. The van der Waals surface area contributed by atoms with Crippen LogP contribution < -0.4 is 0 Å². The molecule has 1 saturated heterocycles. The lowest BCUT2D eigenvalue weighted by molar-refractivity contribution is 0.114. The third kappa shape index (κ3) is 2.10. The van der Waals surface area contributed by atoms with Crippen LogP contribution in [0.15, 0.2) is 0 Å². The van der Waals surface area contributed by atoms with Crippen LogP contribution in [0.1, 0.15) is 20.3 Å². The van der Waals surface area contributed by atoms with E-state index in [2.05, 4.69) is 6.92 Å². The van der Waals surface area contributed by atoms with Gasteiger partial charge in [-0.2, -0.15) is 0 Å². The van der Waals surface area contributed by atoms with Gasteiger partial charge < -0.3 is 9.64 Å². The Hall–Kier alpha value is -0.730. The second kappa shape index (κ2) is 3.60. The molecule has 0 saturated carbocycles. The molecule has 0 aromatic heterocycles. The first kappa shape index (κ1) is 8.37. The number of carbonyl (C=O) groups is 1. The highest BCUT2D eigenvalue weighted by Crippen LogP contribution is 2.15. The summed E-state index contributed by atoms with van der Waals surface area (Å²) >= 11 is 0. The number of rotatable bonds is 1. The van der Waals surface area contributed by atoms with Crippen LogP contribution in [-0.2, 0) is 4.74 Å². The number of hydrogen-bond acceptors (Lipinski definition) is 2. The summed E-state index contributed by atoms with van der Waals surface area (Å²) in [6.07, 6.45) is 0.954. The van der Waals surface area contributed by atoms with Crippen LogP contribution in [0.25, 0.3) is 0 Å². The first-order chi connectivity index (χ1) is 5.24. The largest absolute Gasteiger partial charge is 0.450 e. The summed E-state index contributed by atoms with van der Waals surface area (Å²) in [5, 5.41) is 0. The molecule has 1 heterocycles. The normalized spacial score (nSPS) is 23.8. The minimum atomic E-state index is -0.156. The van der Waals surface area contributed by atoms with Crippen LogP contribution in [0.2, 0.25) is 0 Å². The van der Waals surface area contributed by atoms with E-state index in [4.69, 9.17) is 4.74 Å². The maximum atomic E-state index is 11.1. The molecule has 1 aliphatic rings. The maximum absolute atomic E-state index is 11.1. The van der Waals surface area contributed by atoms with Crippen molar-refractivity contribution in [1.29, 1.82) is 0 Å². The number of nitrogens with zero attached hydrogens (tertiary/aromatic N) is 1. The fourth-order valence-corrected chi connectivity index (χ4v) is 1.32. The topological polar surface area (TPSA) is 29.5 Å². The summed E-state index contributed by atoms with van der Waals surface area (Å²) in [5.74, 6) is 0.638. The van der Waals surface area contributed by atoms with Crippen molar-refractivity contribution in [3.8, 4) is 0 Å². The van der Waals surface area contributed by atoms with Crippen molar-refractivity contribution in [2.24, 2.45) is 5.92 Å². The molecule has 3 heteroatoms. The third-order valence-corrected chi connectivity index (χ3v) is 1.95. The van der Waals surface area contributed by atoms with E-state index >= 15 is 0 Å². The zero-order chi connectivity index (χ0) is 8.27. The molecule has 0 bridgehead atoms. The van der Waals surface area contributed by atoms with Crippen molar-refractivity contribution in [3.63, 3.8) is 0 Å². The van der Waals surface area contributed by atoms with Gasteiger partial charge in [0, 0.05) is 13.1 Å². The van der Waals surface area contributed by atoms with Crippen molar-refractivity contribution >= 4 is 6.09 Å². The molecule has 0 aliphatic carbocycles. The van der Waals surface area contributed by atoms with Gasteiger partial charge in [0.05, 0.1) is 6.61 Å². The summed E-state index contributed by atoms with van der Waals surface area (Å²) in [4.78, 5) is 12.9. The summed E-state index contributed by atoms with van der Waals surface area (Å²) < 4.78 is 4.86. The van der Waals surface area contributed by atoms with Crippen molar-refractivity contribution in [2.75, 3.05) is 19.7 Å². The SMILES string of the molecule is CCOC(=O)N1CC[C@H](C)C1. The molecule has 1 amide bonds. The number of amides is 1. The third-order valence-electron chi connectivity index (χ3n) is 1.95. The molecule has 3 nitrogen and oxygen atoms in total. The molecule has 0 spiro atoms. The molecular weight excluding hydrogens is 142 g/mol. The highest BCUT2D eigenvalue weighted by Gasteiger charge is 2.23. The molecule has 1 fully saturated rings. The molecule has 0 unspecified atom stereocenters. The lowest BCUT2D eigenvalue weighted by atomic mass is 10.2. The lowest BCUT2D eigenvalue weighted by Gasteiger charge is -2.14. The van der Waals surface area contributed by atoms with Crippen molar-refractivity contribution in [3.05, 3.63) is 0 Å². The Morgan fingerprint density at radius 2 is 2.45 bits per heavy atom. The van der Waals surface area contributed by atoms with Crippen molar-refractivity contribution in [2.45, 2.75) is 20.3 Å². The van der Waals surface area contributed by atoms with Gasteiger partial charge in [0.25, 0.3) is 0 Å². The maximum Gasteiger partial charge on any atom is 0.409 e. The van der Waals surface area contributed by atoms with Crippen molar-refractivity contribution < 1.29 is 9.53 Å². The van der Waals surface area contributed by atoms with Gasteiger partial charge in [0.2, 0.25) is 0 Å². The molecule has 0 aromatic carbocycles. The van der Waals surface area contributed by atoms with E-state index < -0.39 is 0 Å². The van der Waals surface area contributed by atoms with Crippen LogP contribution >= 0.6 is 0 Å².